The van der Waals surface area contributed by atoms with E-state index in [2.05, 4.69) is 0 Å². The van der Waals surface area contributed by atoms with Crippen LogP contribution in [0.2, 0.25) is 0 Å². The summed E-state index contributed by atoms with van der Waals surface area (Å²) in [5.74, 6) is -1.52. The number of carbonyl (C=O) groups excluding carboxylic acids is 1. The Balaban J connectivity index is 2.13. The van der Waals surface area contributed by atoms with Gasteiger partial charge in [0, 0.05) is 32.4 Å². The zero-order chi connectivity index (χ0) is 12.6. The van der Waals surface area contributed by atoms with Crippen LogP contribution in [-0.4, -0.2) is 33.0 Å². The lowest BCUT2D eigenvalue weighted by atomic mass is 10.1. The van der Waals surface area contributed by atoms with Gasteiger partial charge in [-0.1, -0.05) is 0 Å². The summed E-state index contributed by atoms with van der Waals surface area (Å²) < 4.78 is 1.92. The molecule has 1 aromatic heterocycles. The standard InChI is InChI=1S/C12H16N2O3/c1-8(9-3-4-13(2)6-9)14-7-10(12(16)17)5-11(14)15/h3-4,6,8,10H,5,7H2,1-2H3,(H,16,17). The molecule has 2 unspecified atom stereocenters. The predicted octanol–water partition coefficient (Wildman–Crippen LogP) is 1.02. The molecule has 2 rings (SSSR count). The van der Waals surface area contributed by atoms with Crippen molar-refractivity contribution >= 4 is 11.9 Å². The Morgan fingerprint density at radius 3 is 2.76 bits per heavy atom. The lowest BCUT2D eigenvalue weighted by Crippen LogP contribution is -2.29. The van der Waals surface area contributed by atoms with Gasteiger partial charge in [0.1, 0.15) is 0 Å². The molecule has 1 amide bonds. The highest BCUT2D eigenvalue weighted by Gasteiger charge is 2.36. The number of carboxylic acid groups (broad SMARTS) is 1. The molecule has 1 aliphatic rings. The van der Waals surface area contributed by atoms with Gasteiger partial charge in [-0.25, -0.2) is 0 Å². The fourth-order valence-electron chi connectivity index (χ4n) is 2.22. The van der Waals surface area contributed by atoms with Crippen LogP contribution in [0.3, 0.4) is 0 Å². The number of hydrogen-bond donors (Lipinski definition) is 1. The number of likely N-dealkylation sites (tertiary alicyclic amines) is 1. The molecule has 1 fully saturated rings. The van der Waals surface area contributed by atoms with Gasteiger partial charge in [0.25, 0.3) is 0 Å². The Kier molecular flexibility index (Phi) is 2.92. The summed E-state index contributed by atoms with van der Waals surface area (Å²) in [7, 11) is 1.92. The highest BCUT2D eigenvalue weighted by molar-refractivity contribution is 5.86. The van der Waals surface area contributed by atoms with Crippen molar-refractivity contribution in [2.75, 3.05) is 6.54 Å². The van der Waals surface area contributed by atoms with E-state index in [0.29, 0.717) is 6.54 Å². The summed E-state index contributed by atoms with van der Waals surface area (Å²) in [6.07, 6.45) is 3.99. The zero-order valence-electron chi connectivity index (χ0n) is 9.96. The van der Waals surface area contributed by atoms with Crippen LogP contribution in [0.5, 0.6) is 0 Å². The lowest BCUT2D eigenvalue weighted by molar-refractivity contribution is -0.141. The van der Waals surface area contributed by atoms with E-state index in [-0.39, 0.29) is 18.4 Å². The number of aromatic nitrogens is 1. The number of carbonyl (C=O) groups is 2. The van der Waals surface area contributed by atoms with Crippen LogP contribution >= 0.6 is 0 Å². The van der Waals surface area contributed by atoms with Crippen molar-refractivity contribution in [3.8, 4) is 0 Å². The average Bonchev–Trinajstić information content (AvgIpc) is 2.84. The van der Waals surface area contributed by atoms with Gasteiger partial charge in [-0.15, -0.1) is 0 Å². The molecule has 5 heteroatoms. The first-order valence-electron chi connectivity index (χ1n) is 5.63. The maximum Gasteiger partial charge on any atom is 0.308 e. The number of carboxylic acids is 1. The zero-order valence-corrected chi connectivity index (χ0v) is 9.96. The second kappa shape index (κ2) is 4.24. The summed E-state index contributed by atoms with van der Waals surface area (Å²) in [6.45, 7) is 2.24. The molecule has 0 radical (unpaired) electrons. The second-order valence-electron chi connectivity index (χ2n) is 4.57. The summed E-state index contributed by atoms with van der Waals surface area (Å²) in [4.78, 5) is 24.3. The minimum Gasteiger partial charge on any atom is -0.481 e. The van der Waals surface area contributed by atoms with Crippen molar-refractivity contribution in [3.05, 3.63) is 24.0 Å². The van der Waals surface area contributed by atoms with E-state index in [1.54, 1.807) is 4.90 Å². The summed E-state index contributed by atoms with van der Waals surface area (Å²) >= 11 is 0. The minimum atomic E-state index is -0.888. The van der Waals surface area contributed by atoms with Crippen molar-refractivity contribution < 1.29 is 14.7 Å². The van der Waals surface area contributed by atoms with Crippen molar-refractivity contribution in [2.24, 2.45) is 13.0 Å². The van der Waals surface area contributed by atoms with Gasteiger partial charge in [-0.05, 0) is 18.6 Å². The van der Waals surface area contributed by atoms with E-state index in [0.717, 1.165) is 5.56 Å². The van der Waals surface area contributed by atoms with Crippen molar-refractivity contribution in [3.63, 3.8) is 0 Å². The second-order valence-corrected chi connectivity index (χ2v) is 4.57. The summed E-state index contributed by atoms with van der Waals surface area (Å²) in [5.41, 5.74) is 1.03. The van der Waals surface area contributed by atoms with Gasteiger partial charge in [-0.2, -0.15) is 0 Å². The molecule has 1 aliphatic heterocycles. The first-order chi connectivity index (χ1) is 7.99. The quantitative estimate of drug-likeness (QED) is 0.852. The number of nitrogens with zero attached hydrogens (tertiary/aromatic N) is 2. The average molecular weight is 236 g/mol. The highest BCUT2D eigenvalue weighted by Crippen LogP contribution is 2.28. The number of amides is 1. The number of aliphatic carboxylic acids is 1. The Morgan fingerprint density at radius 2 is 2.29 bits per heavy atom. The molecule has 0 bridgehead atoms. The van der Waals surface area contributed by atoms with E-state index in [9.17, 15) is 9.59 Å². The summed E-state index contributed by atoms with van der Waals surface area (Å²) in [6, 6.07) is 1.89. The lowest BCUT2D eigenvalue weighted by Gasteiger charge is -2.23. The Hall–Kier alpha value is -1.78. The molecular formula is C12H16N2O3. The van der Waals surface area contributed by atoms with E-state index >= 15 is 0 Å². The number of rotatable bonds is 3. The van der Waals surface area contributed by atoms with Gasteiger partial charge in [-0.3, -0.25) is 9.59 Å². The predicted molar refractivity (Wildman–Crippen MR) is 61.3 cm³/mol. The Morgan fingerprint density at radius 1 is 1.59 bits per heavy atom. The van der Waals surface area contributed by atoms with Gasteiger partial charge >= 0.3 is 5.97 Å². The Labute approximate surface area is 99.6 Å². The minimum absolute atomic E-state index is 0.0620. The van der Waals surface area contributed by atoms with Crippen LogP contribution in [0.1, 0.15) is 24.9 Å². The van der Waals surface area contributed by atoms with Gasteiger partial charge in [0.15, 0.2) is 0 Å². The summed E-state index contributed by atoms with van der Waals surface area (Å²) in [5, 5.41) is 8.92. The molecular weight excluding hydrogens is 220 g/mol. The monoisotopic (exact) mass is 236 g/mol. The normalized spacial score (nSPS) is 21.9. The van der Waals surface area contributed by atoms with Crippen LogP contribution in [0.25, 0.3) is 0 Å². The molecule has 92 valence electrons. The molecule has 0 aromatic carbocycles. The first-order valence-corrected chi connectivity index (χ1v) is 5.63. The van der Waals surface area contributed by atoms with Crippen LogP contribution in [0, 0.1) is 5.92 Å². The van der Waals surface area contributed by atoms with E-state index < -0.39 is 11.9 Å². The topological polar surface area (TPSA) is 62.5 Å². The van der Waals surface area contributed by atoms with Crippen molar-refractivity contribution in [1.29, 1.82) is 0 Å². The molecule has 0 saturated carbocycles. The molecule has 0 spiro atoms. The maximum absolute atomic E-state index is 11.8. The number of aryl methyl sites for hydroxylation is 1. The van der Waals surface area contributed by atoms with Crippen LogP contribution in [0.15, 0.2) is 18.5 Å². The maximum atomic E-state index is 11.8. The van der Waals surface area contributed by atoms with Crippen LogP contribution in [-0.2, 0) is 16.6 Å². The van der Waals surface area contributed by atoms with Crippen molar-refractivity contribution in [1.82, 2.24) is 9.47 Å². The molecule has 0 aliphatic carbocycles. The third-order valence-corrected chi connectivity index (χ3v) is 3.31. The first kappa shape index (κ1) is 11.7. The molecule has 2 heterocycles. The smallest absolute Gasteiger partial charge is 0.308 e. The molecule has 1 saturated heterocycles. The van der Waals surface area contributed by atoms with Crippen molar-refractivity contribution in [2.45, 2.75) is 19.4 Å². The van der Waals surface area contributed by atoms with Gasteiger partial charge in [0.2, 0.25) is 5.91 Å². The van der Waals surface area contributed by atoms with E-state index in [1.807, 2.05) is 37.0 Å². The van der Waals surface area contributed by atoms with Gasteiger partial charge in [0.05, 0.1) is 12.0 Å². The Bertz CT molecular complexity index is 452. The van der Waals surface area contributed by atoms with E-state index in [1.165, 1.54) is 0 Å². The largest absolute Gasteiger partial charge is 0.481 e. The third-order valence-electron chi connectivity index (χ3n) is 3.31. The third kappa shape index (κ3) is 2.18. The molecule has 2 atom stereocenters. The number of hydrogen-bond acceptors (Lipinski definition) is 2. The molecule has 17 heavy (non-hydrogen) atoms. The SMILES string of the molecule is CC(c1ccn(C)c1)N1CC(C(=O)O)CC1=O. The molecule has 1 aromatic rings. The fraction of sp³-hybridized carbons (Fsp3) is 0.500. The molecule has 1 N–H and O–H groups in total. The molecule has 5 nitrogen and oxygen atoms in total. The van der Waals surface area contributed by atoms with Gasteiger partial charge < -0.3 is 14.6 Å². The van der Waals surface area contributed by atoms with Crippen LogP contribution < -0.4 is 0 Å². The fourth-order valence-corrected chi connectivity index (χ4v) is 2.22. The van der Waals surface area contributed by atoms with Crippen LogP contribution in [0.4, 0.5) is 0 Å². The highest BCUT2D eigenvalue weighted by atomic mass is 16.4. The van der Waals surface area contributed by atoms with E-state index in [4.69, 9.17) is 5.11 Å².